The lowest BCUT2D eigenvalue weighted by atomic mass is 10.0. The quantitative estimate of drug-likeness (QED) is 0.0872. The van der Waals surface area contributed by atoms with Crippen LogP contribution >= 0.6 is 0 Å². The molecule has 0 aromatic heterocycles. The number of amides is 5. The molecule has 1 saturated heterocycles. The highest BCUT2D eigenvalue weighted by Crippen LogP contribution is 2.07. The lowest BCUT2D eigenvalue weighted by molar-refractivity contribution is -0.132. The van der Waals surface area contributed by atoms with Crippen molar-refractivity contribution in [2.24, 2.45) is 22.2 Å². The minimum absolute atomic E-state index is 0.103. The van der Waals surface area contributed by atoms with Crippen LogP contribution in [0.1, 0.15) is 31.2 Å². The second kappa shape index (κ2) is 13.5. The van der Waals surface area contributed by atoms with E-state index < -0.39 is 48.3 Å². The molecule has 0 radical (unpaired) electrons. The first-order valence-corrected chi connectivity index (χ1v) is 11.2. The number of rotatable bonds is 13. The van der Waals surface area contributed by atoms with Gasteiger partial charge < -0.3 is 38.5 Å². The SMILES string of the molecule is NC(=O)[C@H](Cc1ccccc1)NC(=O)[C@H](CCCN=C(N)N)NC(=O)CNC(=O)[C@H]1CCC(=O)N1. The fourth-order valence-corrected chi connectivity index (χ4v) is 3.46. The molecule has 1 heterocycles. The Balaban J connectivity index is 1.98. The molecule has 0 bridgehead atoms. The fourth-order valence-electron chi connectivity index (χ4n) is 3.46. The number of guanidine groups is 1. The Morgan fingerprint density at radius 3 is 2.37 bits per heavy atom. The van der Waals surface area contributed by atoms with Crippen molar-refractivity contribution >= 4 is 35.5 Å². The van der Waals surface area contributed by atoms with Crippen molar-refractivity contribution in [3.63, 3.8) is 0 Å². The Morgan fingerprint density at radius 1 is 1.06 bits per heavy atom. The van der Waals surface area contributed by atoms with E-state index in [1.807, 2.05) is 6.07 Å². The average molecular weight is 489 g/mol. The molecule has 1 fully saturated rings. The van der Waals surface area contributed by atoms with E-state index in [0.29, 0.717) is 12.8 Å². The molecule has 0 aliphatic carbocycles. The molecule has 0 saturated carbocycles. The third-order valence-corrected chi connectivity index (χ3v) is 5.27. The monoisotopic (exact) mass is 488 g/mol. The van der Waals surface area contributed by atoms with Crippen molar-refractivity contribution in [2.75, 3.05) is 13.1 Å². The fraction of sp³-hybridized carbons (Fsp3) is 0.455. The van der Waals surface area contributed by atoms with Gasteiger partial charge in [0.15, 0.2) is 5.96 Å². The normalized spacial score (nSPS) is 16.3. The zero-order chi connectivity index (χ0) is 25.8. The van der Waals surface area contributed by atoms with Gasteiger partial charge in [0.25, 0.3) is 0 Å². The first-order chi connectivity index (χ1) is 16.7. The number of carbonyl (C=O) groups excluding carboxylic acids is 5. The van der Waals surface area contributed by atoms with Gasteiger partial charge in [-0.25, -0.2) is 0 Å². The van der Waals surface area contributed by atoms with Gasteiger partial charge >= 0.3 is 0 Å². The van der Waals surface area contributed by atoms with Gasteiger partial charge in [-0.05, 0) is 24.8 Å². The van der Waals surface area contributed by atoms with Gasteiger partial charge in [0.2, 0.25) is 29.5 Å². The summed E-state index contributed by atoms with van der Waals surface area (Å²) in [5.41, 5.74) is 16.9. The summed E-state index contributed by atoms with van der Waals surface area (Å²) in [7, 11) is 0. The highest BCUT2D eigenvalue weighted by molar-refractivity contribution is 5.95. The number of hydrogen-bond donors (Lipinski definition) is 7. The van der Waals surface area contributed by atoms with Gasteiger partial charge in [0, 0.05) is 19.4 Å². The number of nitrogens with one attached hydrogen (secondary N) is 4. The maximum Gasteiger partial charge on any atom is 0.243 e. The summed E-state index contributed by atoms with van der Waals surface area (Å²) in [6.07, 6.45) is 1.29. The van der Waals surface area contributed by atoms with Crippen LogP contribution in [-0.2, 0) is 30.4 Å². The summed E-state index contributed by atoms with van der Waals surface area (Å²) in [6, 6.07) is 6.30. The van der Waals surface area contributed by atoms with Crippen LogP contribution in [0, 0.1) is 0 Å². The van der Waals surface area contributed by atoms with E-state index >= 15 is 0 Å². The van der Waals surface area contributed by atoms with Crippen LogP contribution < -0.4 is 38.5 Å². The predicted octanol–water partition coefficient (Wildman–Crippen LogP) is -2.87. The second-order valence-electron chi connectivity index (χ2n) is 8.10. The maximum atomic E-state index is 12.9. The predicted molar refractivity (Wildman–Crippen MR) is 127 cm³/mol. The van der Waals surface area contributed by atoms with E-state index in [-0.39, 0.29) is 37.7 Å². The number of aliphatic imine (C=N–C) groups is 1. The number of benzene rings is 1. The molecule has 13 heteroatoms. The Kier molecular flexibility index (Phi) is 10.5. The molecule has 0 unspecified atom stereocenters. The number of nitrogens with zero attached hydrogens (tertiary/aromatic N) is 1. The van der Waals surface area contributed by atoms with Crippen LogP contribution in [0.4, 0.5) is 0 Å². The Morgan fingerprint density at radius 2 is 1.77 bits per heavy atom. The molecule has 1 aromatic rings. The van der Waals surface area contributed by atoms with Crippen LogP contribution in [0.2, 0.25) is 0 Å². The molecule has 13 nitrogen and oxygen atoms in total. The summed E-state index contributed by atoms with van der Waals surface area (Å²) < 4.78 is 0. The van der Waals surface area contributed by atoms with Crippen LogP contribution in [-0.4, -0.2) is 66.7 Å². The van der Waals surface area contributed by atoms with Crippen molar-refractivity contribution in [2.45, 2.75) is 50.2 Å². The average Bonchev–Trinajstić information content (AvgIpc) is 3.25. The van der Waals surface area contributed by atoms with E-state index in [4.69, 9.17) is 17.2 Å². The highest BCUT2D eigenvalue weighted by Gasteiger charge is 2.28. The first-order valence-electron chi connectivity index (χ1n) is 11.2. The largest absolute Gasteiger partial charge is 0.370 e. The van der Waals surface area contributed by atoms with Crippen molar-refractivity contribution in [1.29, 1.82) is 0 Å². The van der Waals surface area contributed by atoms with Crippen LogP contribution in [0.15, 0.2) is 35.3 Å². The molecule has 10 N–H and O–H groups in total. The number of nitrogens with two attached hydrogens (primary N) is 3. The Bertz CT molecular complexity index is 948. The highest BCUT2D eigenvalue weighted by atomic mass is 16.2. The minimum atomic E-state index is -1.03. The summed E-state index contributed by atoms with van der Waals surface area (Å²) >= 11 is 0. The number of primary amides is 1. The molecule has 1 aromatic carbocycles. The molecule has 5 amide bonds. The zero-order valence-corrected chi connectivity index (χ0v) is 19.3. The molecule has 0 spiro atoms. The molecule has 1 aliphatic heterocycles. The molecule has 1 aliphatic rings. The van der Waals surface area contributed by atoms with Gasteiger partial charge in [0.1, 0.15) is 18.1 Å². The van der Waals surface area contributed by atoms with Gasteiger partial charge in [-0.15, -0.1) is 0 Å². The lowest BCUT2D eigenvalue weighted by Crippen LogP contribution is -2.55. The van der Waals surface area contributed by atoms with Crippen molar-refractivity contribution in [3.8, 4) is 0 Å². The third-order valence-electron chi connectivity index (χ3n) is 5.27. The van der Waals surface area contributed by atoms with Gasteiger partial charge in [-0.3, -0.25) is 29.0 Å². The standard InChI is InChI=1S/C22H32N8O5/c23-19(33)16(11-13-5-2-1-3-6-13)30-21(35)14(7-4-10-26-22(24)25)29-18(32)12-27-20(34)15-8-9-17(31)28-15/h1-3,5-6,14-16H,4,7-12H2,(H2,23,33)(H,27,34)(H,28,31)(H,29,32)(H,30,35)(H4,24,25,26)/t14-,15+,16-/m0/s1. The summed E-state index contributed by atoms with van der Waals surface area (Å²) in [4.78, 5) is 64.5. The van der Waals surface area contributed by atoms with E-state index in [1.165, 1.54) is 0 Å². The molecular weight excluding hydrogens is 456 g/mol. The van der Waals surface area contributed by atoms with Crippen LogP contribution in [0.25, 0.3) is 0 Å². The van der Waals surface area contributed by atoms with E-state index in [1.54, 1.807) is 24.3 Å². The van der Waals surface area contributed by atoms with E-state index in [9.17, 15) is 24.0 Å². The molecular formula is C22H32N8O5. The molecule has 3 atom stereocenters. The third kappa shape index (κ3) is 9.70. The van der Waals surface area contributed by atoms with Gasteiger partial charge in [-0.1, -0.05) is 30.3 Å². The smallest absolute Gasteiger partial charge is 0.243 e. The van der Waals surface area contributed by atoms with E-state index in [2.05, 4.69) is 26.3 Å². The summed E-state index contributed by atoms with van der Waals surface area (Å²) in [5, 5.41) is 10.1. The molecule has 35 heavy (non-hydrogen) atoms. The number of hydrogen-bond acceptors (Lipinski definition) is 6. The maximum absolute atomic E-state index is 12.9. The van der Waals surface area contributed by atoms with E-state index in [0.717, 1.165) is 5.56 Å². The Hall–Kier alpha value is -4.16. The van der Waals surface area contributed by atoms with Gasteiger partial charge in [-0.2, -0.15) is 0 Å². The summed E-state index contributed by atoms with van der Waals surface area (Å²) in [5.74, 6) is -2.78. The van der Waals surface area contributed by atoms with Crippen LogP contribution in [0.3, 0.4) is 0 Å². The topological polar surface area (TPSA) is 224 Å². The molecule has 2 rings (SSSR count). The zero-order valence-electron chi connectivity index (χ0n) is 19.3. The first kappa shape index (κ1) is 27.1. The lowest BCUT2D eigenvalue weighted by Gasteiger charge is -2.22. The minimum Gasteiger partial charge on any atom is -0.370 e. The summed E-state index contributed by atoms with van der Waals surface area (Å²) in [6.45, 7) is -0.171. The van der Waals surface area contributed by atoms with Crippen LogP contribution in [0.5, 0.6) is 0 Å². The van der Waals surface area contributed by atoms with Crippen molar-refractivity contribution in [3.05, 3.63) is 35.9 Å². The second-order valence-corrected chi connectivity index (χ2v) is 8.10. The van der Waals surface area contributed by atoms with Gasteiger partial charge in [0.05, 0.1) is 6.54 Å². The number of carbonyl (C=O) groups is 5. The molecule has 190 valence electrons. The van der Waals surface area contributed by atoms with Crippen molar-refractivity contribution < 1.29 is 24.0 Å². The Labute approximate surface area is 202 Å². The van der Waals surface area contributed by atoms with Crippen molar-refractivity contribution in [1.82, 2.24) is 21.3 Å².